The number of fused-ring (bicyclic) bond motifs is 1. The van der Waals surface area contributed by atoms with E-state index in [0.29, 0.717) is 33.0 Å². The van der Waals surface area contributed by atoms with Gasteiger partial charge in [0.1, 0.15) is 13.2 Å². The van der Waals surface area contributed by atoms with E-state index in [-0.39, 0.29) is 12.1 Å². The molecule has 2 rings (SSSR count). The van der Waals surface area contributed by atoms with Crippen molar-refractivity contribution in [2.45, 2.75) is 26.0 Å². The van der Waals surface area contributed by atoms with Crippen LogP contribution in [0, 0.1) is 0 Å². The maximum Gasteiger partial charge on any atom is 0.161 e. The molecule has 1 N–H and O–H groups in total. The Hall–Kier alpha value is -1.30. The van der Waals surface area contributed by atoms with Crippen molar-refractivity contribution in [1.29, 1.82) is 0 Å². The SMILES string of the molecule is CCOCC(C)OCC(NC)c1ccc2c(c1)OCCO2. The highest BCUT2D eigenvalue weighted by Crippen LogP contribution is 2.32. The Bertz CT molecular complexity index is 438. The largest absolute Gasteiger partial charge is 0.486 e. The van der Waals surface area contributed by atoms with Gasteiger partial charge in [-0.2, -0.15) is 0 Å². The molecule has 2 atom stereocenters. The predicted octanol–water partition coefficient (Wildman–Crippen LogP) is 2.16. The van der Waals surface area contributed by atoms with E-state index < -0.39 is 0 Å². The van der Waals surface area contributed by atoms with Gasteiger partial charge in [-0.05, 0) is 38.6 Å². The molecule has 5 nitrogen and oxygen atoms in total. The summed E-state index contributed by atoms with van der Waals surface area (Å²) < 4.78 is 22.4. The predicted molar refractivity (Wildman–Crippen MR) is 81.1 cm³/mol. The molecule has 1 aromatic rings. The van der Waals surface area contributed by atoms with Gasteiger partial charge in [0.05, 0.1) is 25.4 Å². The summed E-state index contributed by atoms with van der Waals surface area (Å²) in [6, 6.07) is 6.14. The minimum absolute atomic E-state index is 0.0815. The summed E-state index contributed by atoms with van der Waals surface area (Å²) in [6.45, 7) is 7.14. The Labute approximate surface area is 126 Å². The smallest absolute Gasteiger partial charge is 0.161 e. The normalized spacial score (nSPS) is 16.5. The van der Waals surface area contributed by atoms with Crippen LogP contribution in [0.2, 0.25) is 0 Å². The number of hydrogen-bond acceptors (Lipinski definition) is 5. The second kappa shape index (κ2) is 8.22. The first-order valence-corrected chi connectivity index (χ1v) is 7.50. The monoisotopic (exact) mass is 295 g/mol. The molecular formula is C16H25NO4. The third kappa shape index (κ3) is 4.59. The van der Waals surface area contributed by atoms with E-state index in [1.54, 1.807) is 0 Å². The van der Waals surface area contributed by atoms with Crippen LogP contribution < -0.4 is 14.8 Å². The zero-order chi connectivity index (χ0) is 15.1. The van der Waals surface area contributed by atoms with Gasteiger partial charge in [-0.15, -0.1) is 0 Å². The van der Waals surface area contributed by atoms with Gasteiger partial charge in [0, 0.05) is 6.61 Å². The van der Waals surface area contributed by atoms with Gasteiger partial charge in [-0.25, -0.2) is 0 Å². The Morgan fingerprint density at radius 2 is 1.95 bits per heavy atom. The summed E-state index contributed by atoms with van der Waals surface area (Å²) in [7, 11) is 1.93. The number of nitrogens with one attached hydrogen (secondary N) is 1. The average Bonchev–Trinajstić information content (AvgIpc) is 2.53. The number of ether oxygens (including phenoxy) is 4. The minimum Gasteiger partial charge on any atom is -0.486 e. The van der Waals surface area contributed by atoms with Gasteiger partial charge in [-0.1, -0.05) is 6.07 Å². The first-order valence-electron chi connectivity index (χ1n) is 7.50. The fraction of sp³-hybridized carbons (Fsp3) is 0.625. The van der Waals surface area contributed by atoms with Crippen molar-refractivity contribution in [3.05, 3.63) is 23.8 Å². The van der Waals surface area contributed by atoms with Crippen LogP contribution in [-0.4, -0.2) is 46.2 Å². The molecule has 1 heterocycles. The van der Waals surface area contributed by atoms with Gasteiger partial charge in [0.25, 0.3) is 0 Å². The molecule has 0 amide bonds. The Morgan fingerprint density at radius 3 is 2.67 bits per heavy atom. The van der Waals surface area contributed by atoms with E-state index in [9.17, 15) is 0 Å². The van der Waals surface area contributed by atoms with Gasteiger partial charge >= 0.3 is 0 Å². The van der Waals surface area contributed by atoms with Crippen LogP contribution in [-0.2, 0) is 9.47 Å². The molecule has 2 unspecified atom stereocenters. The molecule has 0 radical (unpaired) electrons. The molecule has 0 fully saturated rings. The summed E-state index contributed by atoms with van der Waals surface area (Å²) >= 11 is 0. The number of hydrogen-bond donors (Lipinski definition) is 1. The van der Waals surface area contributed by atoms with Crippen molar-refractivity contribution in [1.82, 2.24) is 5.32 Å². The molecule has 0 aliphatic carbocycles. The summed E-state index contributed by atoms with van der Waals surface area (Å²) in [4.78, 5) is 0. The molecule has 1 aliphatic heterocycles. The fourth-order valence-electron chi connectivity index (χ4n) is 2.22. The molecule has 21 heavy (non-hydrogen) atoms. The van der Waals surface area contributed by atoms with Crippen molar-refractivity contribution in [3.63, 3.8) is 0 Å². The lowest BCUT2D eigenvalue weighted by molar-refractivity contribution is -0.0110. The lowest BCUT2D eigenvalue weighted by atomic mass is 10.1. The molecule has 118 valence electrons. The molecule has 5 heteroatoms. The minimum atomic E-state index is 0.0815. The maximum atomic E-state index is 5.84. The van der Waals surface area contributed by atoms with Gasteiger partial charge in [0.2, 0.25) is 0 Å². The van der Waals surface area contributed by atoms with Crippen molar-refractivity contribution in [2.75, 3.05) is 40.1 Å². The zero-order valence-corrected chi connectivity index (χ0v) is 13.1. The van der Waals surface area contributed by atoms with Crippen LogP contribution >= 0.6 is 0 Å². The Morgan fingerprint density at radius 1 is 1.19 bits per heavy atom. The first-order chi connectivity index (χ1) is 10.2. The molecule has 1 aliphatic rings. The highest BCUT2D eigenvalue weighted by molar-refractivity contribution is 5.44. The highest BCUT2D eigenvalue weighted by atomic mass is 16.6. The maximum absolute atomic E-state index is 5.84. The standard InChI is InChI=1S/C16H25NO4/c1-4-18-10-12(2)21-11-14(17-3)13-5-6-15-16(9-13)20-8-7-19-15/h5-6,9,12,14,17H,4,7-8,10-11H2,1-3H3. The van der Waals surface area contributed by atoms with Crippen LogP contribution in [0.15, 0.2) is 18.2 Å². The quantitative estimate of drug-likeness (QED) is 0.796. The van der Waals surface area contributed by atoms with E-state index >= 15 is 0 Å². The summed E-state index contributed by atoms with van der Waals surface area (Å²) in [5, 5.41) is 3.27. The third-order valence-corrected chi connectivity index (χ3v) is 3.42. The third-order valence-electron chi connectivity index (χ3n) is 3.42. The second-order valence-corrected chi connectivity index (χ2v) is 5.05. The Balaban J connectivity index is 1.94. The Kier molecular flexibility index (Phi) is 6.29. The molecule has 0 saturated heterocycles. The van der Waals surface area contributed by atoms with E-state index in [1.807, 2.05) is 39.1 Å². The molecule has 0 aromatic heterocycles. The summed E-state index contributed by atoms with van der Waals surface area (Å²) in [5.41, 5.74) is 1.13. The molecule has 0 bridgehead atoms. The lowest BCUT2D eigenvalue weighted by Crippen LogP contribution is -2.26. The topological polar surface area (TPSA) is 49.0 Å². The van der Waals surface area contributed by atoms with Crippen LogP contribution in [0.25, 0.3) is 0 Å². The molecular weight excluding hydrogens is 270 g/mol. The fourth-order valence-corrected chi connectivity index (χ4v) is 2.22. The summed E-state index contributed by atoms with van der Waals surface area (Å²) in [6.07, 6.45) is 0.0815. The van der Waals surface area contributed by atoms with E-state index in [2.05, 4.69) is 5.32 Å². The highest BCUT2D eigenvalue weighted by Gasteiger charge is 2.17. The number of likely N-dealkylation sites (N-methyl/N-ethyl adjacent to an activating group) is 1. The van der Waals surface area contributed by atoms with Gasteiger partial charge in [-0.3, -0.25) is 0 Å². The van der Waals surface area contributed by atoms with Gasteiger partial charge < -0.3 is 24.3 Å². The molecule has 0 saturated carbocycles. The van der Waals surface area contributed by atoms with E-state index in [1.165, 1.54) is 0 Å². The van der Waals surface area contributed by atoms with E-state index in [4.69, 9.17) is 18.9 Å². The van der Waals surface area contributed by atoms with Crippen LogP contribution in [0.4, 0.5) is 0 Å². The van der Waals surface area contributed by atoms with Crippen LogP contribution in [0.5, 0.6) is 11.5 Å². The molecule has 1 aromatic carbocycles. The van der Waals surface area contributed by atoms with Crippen molar-refractivity contribution in [2.24, 2.45) is 0 Å². The van der Waals surface area contributed by atoms with E-state index in [0.717, 1.165) is 17.1 Å². The van der Waals surface area contributed by atoms with Crippen molar-refractivity contribution < 1.29 is 18.9 Å². The first kappa shape index (κ1) is 16.1. The van der Waals surface area contributed by atoms with Crippen molar-refractivity contribution >= 4 is 0 Å². The average molecular weight is 295 g/mol. The van der Waals surface area contributed by atoms with Crippen LogP contribution in [0.3, 0.4) is 0 Å². The zero-order valence-electron chi connectivity index (χ0n) is 13.1. The van der Waals surface area contributed by atoms with Crippen molar-refractivity contribution in [3.8, 4) is 11.5 Å². The summed E-state index contributed by atoms with van der Waals surface area (Å²) in [5.74, 6) is 1.62. The molecule has 0 spiro atoms. The number of rotatable bonds is 8. The lowest BCUT2D eigenvalue weighted by Gasteiger charge is -2.23. The second-order valence-electron chi connectivity index (χ2n) is 5.05. The van der Waals surface area contributed by atoms with Gasteiger partial charge in [0.15, 0.2) is 11.5 Å². The number of benzene rings is 1. The van der Waals surface area contributed by atoms with Crippen LogP contribution in [0.1, 0.15) is 25.5 Å².